The summed E-state index contributed by atoms with van der Waals surface area (Å²) in [4.78, 5) is 42.8. The normalized spacial score (nSPS) is 21.8. The fourth-order valence-electron chi connectivity index (χ4n) is 6.08. The van der Waals surface area contributed by atoms with Gasteiger partial charge in [0, 0.05) is 56.8 Å². The van der Waals surface area contributed by atoms with Crippen LogP contribution in [-0.4, -0.2) is 64.1 Å². The highest BCUT2D eigenvalue weighted by Gasteiger charge is 2.49. The Labute approximate surface area is 226 Å². The van der Waals surface area contributed by atoms with Gasteiger partial charge in [-0.05, 0) is 24.3 Å². The number of carbonyl (C=O) groups is 2. The molecule has 4 rings (SSSR count). The number of aliphatic hydroxyl groups is 1. The standard InChI is InChI=1S/C31H43N3O4/c1-30(2)21-33(27(35)16-15-23-11-7-5-8-12-23)18-17-31(30,38)22-34-20-26(29(37)32(3)4)25(19-28(34)36)24-13-9-6-10-14-24/h6,9-10,13-14,19-20,23,38H,5,7-8,11-12,15-18,21-22H2,1-4H3/t31-/m1/s1. The minimum Gasteiger partial charge on any atom is -0.387 e. The predicted octanol–water partition coefficient (Wildman–Crippen LogP) is 4.57. The molecule has 1 aliphatic heterocycles. The molecule has 206 valence electrons. The molecule has 2 fully saturated rings. The Bertz CT molecular complexity index is 1200. The molecule has 0 radical (unpaired) electrons. The molecule has 1 aliphatic carbocycles. The van der Waals surface area contributed by atoms with Crippen molar-refractivity contribution in [2.45, 2.75) is 77.4 Å². The smallest absolute Gasteiger partial charge is 0.255 e. The van der Waals surface area contributed by atoms with Crippen LogP contribution in [0.5, 0.6) is 0 Å². The van der Waals surface area contributed by atoms with Crippen molar-refractivity contribution in [1.82, 2.24) is 14.4 Å². The van der Waals surface area contributed by atoms with Crippen molar-refractivity contribution in [3.05, 3.63) is 58.5 Å². The van der Waals surface area contributed by atoms with Gasteiger partial charge in [0.15, 0.2) is 0 Å². The van der Waals surface area contributed by atoms with E-state index in [-0.39, 0.29) is 23.9 Å². The zero-order valence-corrected chi connectivity index (χ0v) is 23.4. The highest BCUT2D eigenvalue weighted by molar-refractivity contribution is 6.00. The molecule has 2 heterocycles. The van der Waals surface area contributed by atoms with Crippen LogP contribution < -0.4 is 5.56 Å². The summed E-state index contributed by atoms with van der Waals surface area (Å²) in [6.07, 6.45) is 9.80. The van der Waals surface area contributed by atoms with Gasteiger partial charge >= 0.3 is 0 Å². The predicted molar refractivity (Wildman–Crippen MR) is 150 cm³/mol. The summed E-state index contributed by atoms with van der Waals surface area (Å²) in [7, 11) is 3.37. The summed E-state index contributed by atoms with van der Waals surface area (Å²) in [5, 5.41) is 11.8. The minimum absolute atomic E-state index is 0.0612. The summed E-state index contributed by atoms with van der Waals surface area (Å²) >= 11 is 0. The monoisotopic (exact) mass is 521 g/mol. The zero-order valence-electron chi connectivity index (χ0n) is 23.4. The van der Waals surface area contributed by atoms with Gasteiger partial charge in [0.2, 0.25) is 5.91 Å². The molecule has 1 atom stereocenters. The fourth-order valence-corrected chi connectivity index (χ4v) is 6.08. The number of nitrogens with zero attached hydrogens (tertiary/aromatic N) is 3. The van der Waals surface area contributed by atoms with Gasteiger partial charge in [0.1, 0.15) is 0 Å². The van der Waals surface area contributed by atoms with E-state index in [0.29, 0.717) is 43.0 Å². The van der Waals surface area contributed by atoms with Gasteiger partial charge in [0.25, 0.3) is 11.5 Å². The molecule has 7 nitrogen and oxygen atoms in total. The Balaban J connectivity index is 1.53. The third-order valence-electron chi connectivity index (χ3n) is 8.76. The van der Waals surface area contributed by atoms with E-state index < -0.39 is 11.0 Å². The largest absolute Gasteiger partial charge is 0.387 e. The van der Waals surface area contributed by atoms with Gasteiger partial charge in [-0.2, -0.15) is 0 Å². The van der Waals surface area contributed by atoms with Crippen LogP contribution in [0, 0.1) is 11.3 Å². The van der Waals surface area contributed by atoms with Gasteiger partial charge < -0.3 is 19.5 Å². The van der Waals surface area contributed by atoms with Crippen LogP contribution in [-0.2, 0) is 11.3 Å². The van der Waals surface area contributed by atoms with Crippen molar-refractivity contribution in [1.29, 1.82) is 0 Å². The van der Waals surface area contributed by atoms with E-state index in [9.17, 15) is 19.5 Å². The Hall–Kier alpha value is -2.93. The lowest BCUT2D eigenvalue weighted by Gasteiger charge is -2.50. The van der Waals surface area contributed by atoms with Crippen molar-refractivity contribution >= 4 is 11.8 Å². The Morgan fingerprint density at radius 3 is 2.39 bits per heavy atom. The van der Waals surface area contributed by atoms with Crippen molar-refractivity contribution in [2.24, 2.45) is 11.3 Å². The van der Waals surface area contributed by atoms with Crippen LogP contribution in [0.4, 0.5) is 0 Å². The Morgan fingerprint density at radius 1 is 1.08 bits per heavy atom. The molecule has 0 spiro atoms. The summed E-state index contributed by atoms with van der Waals surface area (Å²) in [5.41, 5.74) is -0.318. The molecular weight excluding hydrogens is 478 g/mol. The number of likely N-dealkylation sites (tertiary alicyclic amines) is 1. The number of carbonyl (C=O) groups excluding carboxylic acids is 2. The number of hydrogen-bond acceptors (Lipinski definition) is 4. The van der Waals surface area contributed by atoms with Gasteiger partial charge in [0.05, 0.1) is 17.7 Å². The first-order valence-corrected chi connectivity index (χ1v) is 14.0. The lowest BCUT2D eigenvalue weighted by atomic mass is 9.69. The van der Waals surface area contributed by atoms with Crippen LogP contribution in [0.2, 0.25) is 0 Å². The molecule has 2 aliphatic rings. The van der Waals surface area contributed by atoms with Crippen LogP contribution in [0.25, 0.3) is 11.1 Å². The number of rotatable bonds is 7. The second-order valence-electron chi connectivity index (χ2n) is 12.2. The Morgan fingerprint density at radius 2 is 1.76 bits per heavy atom. The zero-order chi connectivity index (χ0) is 27.5. The maximum Gasteiger partial charge on any atom is 0.255 e. The average Bonchev–Trinajstić information content (AvgIpc) is 2.90. The minimum atomic E-state index is -1.20. The highest BCUT2D eigenvalue weighted by Crippen LogP contribution is 2.40. The van der Waals surface area contributed by atoms with E-state index in [0.717, 1.165) is 12.0 Å². The van der Waals surface area contributed by atoms with E-state index >= 15 is 0 Å². The molecule has 1 N–H and O–H groups in total. The average molecular weight is 522 g/mol. The number of pyridine rings is 1. The molecular formula is C31H43N3O4. The fraction of sp³-hybridized carbons (Fsp3) is 0.581. The number of hydrogen-bond donors (Lipinski definition) is 1. The van der Waals surface area contributed by atoms with E-state index in [1.54, 1.807) is 20.3 Å². The van der Waals surface area contributed by atoms with Crippen molar-refractivity contribution in [3.8, 4) is 11.1 Å². The Kier molecular flexibility index (Phi) is 8.46. The molecule has 1 saturated heterocycles. The van der Waals surface area contributed by atoms with E-state index in [2.05, 4.69) is 0 Å². The maximum absolute atomic E-state index is 13.3. The second-order valence-corrected chi connectivity index (χ2v) is 12.2. The quantitative estimate of drug-likeness (QED) is 0.579. The third kappa shape index (κ3) is 6.04. The van der Waals surface area contributed by atoms with E-state index in [1.165, 1.54) is 47.6 Å². The van der Waals surface area contributed by atoms with Crippen molar-refractivity contribution in [2.75, 3.05) is 27.2 Å². The number of benzene rings is 1. The molecule has 1 aromatic carbocycles. The van der Waals surface area contributed by atoms with Gasteiger partial charge in [-0.3, -0.25) is 14.4 Å². The molecule has 2 aromatic rings. The van der Waals surface area contributed by atoms with Crippen molar-refractivity contribution in [3.63, 3.8) is 0 Å². The number of amides is 2. The molecule has 1 aromatic heterocycles. The van der Waals surface area contributed by atoms with Crippen molar-refractivity contribution < 1.29 is 14.7 Å². The summed E-state index contributed by atoms with van der Waals surface area (Å²) in [5.74, 6) is 0.614. The topological polar surface area (TPSA) is 82.8 Å². The van der Waals surface area contributed by atoms with Gasteiger partial charge in [-0.25, -0.2) is 0 Å². The van der Waals surface area contributed by atoms with Crippen LogP contribution >= 0.6 is 0 Å². The molecule has 2 amide bonds. The lowest BCUT2D eigenvalue weighted by molar-refractivity contribution is -0.154. The number of aromatic nitrogens is 1. The molecule has 0 bridgehead atoms. The molecule has 0 unspecified atom stereocenters. The summed E-state index contributed by atoms with van der Waals surface area (Å²) in [6.45, 7) is 4.88. The summed E-state index contributed by atoms with van der Waals surface area (Å²) < 4.78 is 1.46. The SMILES string of the molecule is CN(C)C(=O)c1cn(C[C@]2(O)CCN(C(=O)CCC3CCCCC3)CC2(C)C)c(=O)cc1-c1ccccc1. The van der Waals surface area contributed by atoms with Crippen LogP contribution in [0.1, 0.15) is 75.6 Å². The first kappa shape index (κ1) is 28.1. The van der Waals surface area contributed by atoms with E-state index in [4.69, 9.17) is 0 Å². The van der Waals surface area contributed by atoms with Crippen LogP contribution in [0.15, 0.2) is 47.4 Å². The van der Waals surface area contributed by atoms with Crippen LogP contribution in [0.3, 0.4) is 0 Å². The second kappa shape index (κ2) is 11.4. The first-order valence-electron chi connectivity index (χ1n) is 14.0. The van der Waals surface area contributed by atoms with E-state index in [1.807, 2.05) is 49.1 Å². The first-order chi connectivity index (χ1) is 18.0. The van der Waals surface area contributed by atoms with Gasteiger partial charge in [-0.15, -0.1) is 0 Å². The molecule has 1 saturated carbocycles. The maximum atomic E-state index is 13.3. The van der Waals surface area contributed by atoms with Gasteiger partial charge in [-0.1, -0.05) is 76.3 Å². The highest BCUT2D eigenvalue weighted by atomic mass is 16.3. The molecule has 7 heteroatoms. The third-order valence-corrected chi connectivity index (χ3v) is 8.76. The molecule has 38 heavy (non-hydrogen) atoms. The summed E-state index contributed by atoms with van der Waals surface area (Å²) in [6, 6.07) is 10.9. The lowest BCUT2D eigenvalue weighted by Crippen LogP contribution is -2.60. The number of piperidine rings is 1.